The van der Waals surface area contributed by atoms with Crippen LogP contribution in [0.3, 0.4) is 0 Å². The van der Waals surface area contributed by atoms with Crippen LogP contribution in [0.1, 0.15) is 23.5 Å². The summed E-state index contributed by atoms with van der Waals surface area (Å²) in [5, 5.41) is 0. The van der Waals surface area contributed by atoms with Crippen LogP contribution in [0.2, 0.25) is 0 Å². The van der Waals surface area contributed by atoms with Crippen LogP contribution in [-0.4, -0.2) is 13.0 Å². The van der Waals surface area contributed by atoms with E-state index in [1.807, 2.05) is 78.9 Å². The second-order valence-electron chi connectivity index (χ2n) is 7.36. The highest BCUT2D eigenvalue weighted by Crippen LogP contribution is 2.30. The molecule has 3 nitrogen and oxygen atoms in total. The predicted molar refractivity (Wildman–Crippen MR) is 127 cm³/mol. The number of carbonyl (C=O) groups is 1. The van der Waals surface area contributed by atoms with Crippen molar-refractivity contribution in [1.82, 2.24) is 0 Å². The molecule has 0 aromatic heterocycles. The van der Waals surface area contributed by atoms with Gasteiger partial charge in [0.25, 0.3) is 5.91 Å². The lowest BCUT2D eigenvalue weighted by Gasteiger charge is -2.26. The van der Waals surface area contributed by atoms with Gasteiger partial charge in [-0.1, -0.05) is 78.9 Å². The molecule has 3 heteroatoms. The van der Waals surface area contributed by atoms with Crippen molar-refractivity contribution in [3.8, 4) is 5.75 Å². The molecule has 1 aliphatic rings. The number of allylic oxidation sites excluding steroid dienone is 3. The topological polar surface area (TPSA) is 29.5 Å². The highest BCUT2D eigenvalue weighted by atomic mass is 16.5. The van der Waals surface area contributed by atoms with Crippen molar-refractivity contribution in [3.05, 3.63) is 126 Å². The molecule has 0 saturated carbocycles. The van der Waals surface area contributed by atoms with Crippen molar-refractivity contribution in [2.75, 3.05) is 12.0 Å². The molecular weight excluding hydrogens is 382 g/mol. The highest BCUT2D eigenvalue weighted by molar-refractivity contribution is 6.04. The fourth-order valence-corrected chi connectivity index (χ4v) is 3.68. The molecule has 4 rings (SSSR count). The fourth-order valence-electron chi connectivity index (χ4n) is 3.68. The molecule has 1 aliphatic heterocycles. The summed E-state index contributed by atoms with van der Waals surface area (Å²) in [5.74, 6) is 0.855. The van der Waals surface area contributed by atoms with Gasteiger partial charge in [0.2, 0.25) is 0 Å². The van der Waals surface area contributed by atoms with Crippen molar-refractivity contribution >= 4 is 17.7 Å². The Hall–Kier alpha value is -3.85. The minimum atomic E-state index is -0.0689. The van der Waals surface area contributed by atoms with E-state index >= 15 is 0 Å². The van der Waals surface area contributed by atoms with Crippen LogP contribution in [0.4, 0.5) is 5.69 Å². The minimum absolute atomic E-state index is 0.0689. The first-order valence-electron chi connectivity index (χ1n) is 10.4. The van der Waals surface area contributed by atoms with Gasteiger partial charge in [-0.3, -0.25) is 9.69 Å². The zero-order valence-corrected chi connectivity index (χ0v) is 17.5. The standard InChI is InChI=1S/C28H25NO2/c1-31-27-19-17-25(18-20-27)29-26(16-15-22-9-4-2-5-10-22)21-24(13-8-14-28(29)30)23-11-6-3-7-12-23/h2-12,14-21,24H,13H2,1H3/b14-8-,16-15+,26-21-. The summed E-state index contributed by atoms with van der Waals surface area (Å²) in [6.07, 6.45) is 10.7. The van der Waals surface area contributed by atoms with E-state index in [-0.39, 0.29) is 11.8 Å². The Morgan fingerprint density at radius 2 is 1.55 bits per heavy atom. The lowest BCUT2D eigenvalue weighted by molar-refractivity contribution is -0.113. The van der Waals surface area contributed by atoms with Crippen molar-refractivity contribution in [2.24, 2.45) is 0 Å². The van der Waals surface area contributed by atoms with E-state index in [0.717, 1.165) is 29.1 Å². The molecule has 1 atom stereocenters. The molecule has 0 aliphatic carbocycles. The van der Waals surface area contributed by atoms with Gasteiger partial charge in [-0.2, -0.15) is 0 Å². The third kappa shape index (κ3) is 5.01. The number of anilines is 1. The van der Waals surface area contributed by atoms with Crippen LogP contribution >= 0.6 is 0 Å². The van der Waals surface area contributed by atoms with Gasteiger partial charge in [0.05, 0.1) is 7.11 Å². The van der Waals surface area contributed by atoms with Gasteiger partial charge < -0.3 is 4.74 Å². The molecule has 0 fully saturated rings. The number of hydrogen-bond donors (Lipinski definition) is 0. The molecule has 0 spiro atoms. The molecule has 154 valence electrons. The second kappa shape index (κ2) is 9.77. The van der Waals surface area contributed by atoms with Crippen molar-refractivity contribution in [1.29, 1.82) is 0 Å². The monoisotopic (exact) mass is 407 g/mol. The molecule has 0 radical (unpaired) electrons. The van der Waals surface area contributed by atoms with Gasteiger partial charge >= 0.3 is 0 Å². The fraction of sp³-hybridized carbons (Fsp3) is 0.107. The largest absolute Gasteiger partial charge is 0.497 e. The van der Waals surface area contributed by atoms with E-state index in [2.05, 4.69) is 30.3 Å². The van der Waals surface area contributed by atoms with Crippen LogP contribution in [0.25, 0.3) is 6.08 Å². The number of carbonyl (C=O) groups excluding carboxylic acids is 1. The number of amides is 1. The van der Waals surface area contributed by atoms with Crippen LogP contribution < -0.4 is 9.64 Å². The lowest BCUT2D eigenvalue weighted by atomic mass is 9.93. The first-order valence-corrected chi connectivity index (χ1v) is 10.4. The molecule has 1 heterocycles. The van der Waals surface area contributed by atoms with Gasteiger partial charge in [0.15, 0.2) is 0 Å². The predicted octanol–water partition coefficient (Wildman–Crippen LogP) is 6.37. The molecule has 3 aromatic rings. The van der Waals surface area contributed by atoms with E-state index in [1.54, 1.807) is 18.1 Å². The first-order chi connectivity index (χ1) is 15.2. The molecular formula is C28H25NO2. The molecule has 0 bridgehead atoms. The number of benzene rings is 3. The Morgan fingerprint density at radius 3 is 2.23 bits per heavy atom. The van der Waals surface area contributed by atoms with Gasteiger partial charge in [0.1, 0.15) is 5.75 Å². The van der Waals surface area contributed by atoms with E-state index in [0.29, 0.717) is 0 Å². The first kappa shape index (κ1) is 20.4. The van der Waals surface area contributed by atoms with Crippen LogP contribution in [-0.2, 0) is 4.79 Å². The molecule has 3 aromatic carbocycles. The van der Waals surface area contributed by atoms with E-state index < -0.39 is 0 Å². The summed E-state index contributed by atoms with van der Waals surface area (Å²) >= 11 is 0. The smallest absolute Gasteiger partial charge is 0.255 e. The maximum atomic E-state index is 13.1. The number of methoxy groups -OCH3 is 1. The molecule has 0 N–H and O–H groups in total. The Bertz CT molecular complexity index is 1100. The van der Waals surface area contributed by atoms with E-state index in [4.69, 9.17) is 4.74 Å². The zero-order valence-electron chi connectivity index (χ0n) is 17.5. The quantitative estimate of drug-likeness (QED) is 0.492. The van der Waals surface area contributed by atoms with E-state index in [1.165, 1.54) is 5.56 Å². The molecule has 31 heavy (non-hydrogen) atoms. The normalized spacial score (nSPS) is 19.4. The Balaban J connectivity index is 1.79. The summed E-state index contributed by atoms with van der Waals surface area (Å²) in [7, 11) is 1.64. The SMILES string of the molecule is COc1ccc(N2C(=O)/C=C\CC(c3ccccc3)/C=C2/C=C/c2ccccc2)cc1. The van der Waals surface area contributed by atoms with E-state index in [9.17, 15) is 4.79 Å². The maximum Gasteiger partial charge on any atom is 0.255 e. The van der Waals surface area contributed by atoms with Gasteiger partial charge in [0, 0.05) is 17.3 Å². The summed E-state index contributed by atoms with van der Waals surface area (Å²) < 4.78 is 5.29. The maximum absolute atomic E-state index is 13.1. The zero-order chi connectivity index (χ0) is 21.5. The lowest BCUT2D eigenvalue weighted by Crippen LogP contribution is -2.29. The highest BCUT2D eigenvalue weighted by Gasteiger charge is 2.21. The summed E-state index contributed by atoms with van der Waals surface area (Å²) in [5.41, 5.74) is 3.95. The number of ether oxygens (including phenoxy) is 1. The minimum Gasteiger partial charge on any atom is -0.497 e. The Morgan fingerprint density at radius 1 is 0.871 bits per heavy atom. The van der Waals surface area contributed by atoms with Crippen molar-refractivity contribution in [3.63, 3.8) is 0 Å². The van der Waals surface area contributed by atoms with Crippen molar-refractivity contribution in [2.45, 2.75) is 12.3 Å². The average molecular weight is 408 g/mol. The summed E-state index contributed by atoms with van der Waals surface area (Å²) in [6, 6.07) is 28.1. The second-order valence-corrected chi connectivity index (χ2v) is 7.36. The number of hydrogen-bond acceptors (Lipinski definition) is 2. The molecule has 1 unspecified atom stereocenters. The average Bonchev–Trinajstić information content (AvgIpc) is 2.82. The third-order valence-corrected chi connectivity index (χ3v) is 5.31. The van der Waals surface area contributed by atoms with Gasteiger partial charge in [-0.15, -0.1) is 0 Å². The third-order valence-electron chi connectivity index (χ3n) is 5.31. The Labute approximate surface area is 183 Å². The van der Waals surface area contributed by atoms with Gasteiger partial charge in [-0.05, 0) is 54.0 Å². The molecule has 1 amide bonds. The Kier molecular flexibility index (Phi) is 6.44. The number of rotatable bonds is 5. The van der Waals surface area contributed by atoms with Crippen LogP contribution in [0.15, 0.2) is 115 Å². The van der Waals surface area contributed by atoms with Gasteiger partial charge in [-0.25, -0.2) is 0 Å². The summed E-state index contributed by atoms with van der Waals surface area (Å²) in [4.78, 5) is 14.9. The van der Waals surface area contributed by atoms with Crippen LogP contribution in [0.5, 0.6) is 5.75 Å². The number of nitrogens with zero attached hydrogens (tertiary/aromatic N) is 1. The summed E-state index contributed by atoms with van der Waals surface area (Å²) in [6.45, 7) is 0. The van der Waals surface area contributed by atoms with Crippen LogP contribution in [0, 0.1) is 0 Å². The molecule has 0 saturated heterocycles. The van der Waals surface area contributed by atoms with Crippen molar-refractivity contribution < 1.29 is 9.53 Å².